The quantitative estimate of drug-likeness (QED) is 0.268. The van der Waals surface area contributed by atoms with Crippen LogP contribution >= 0.6 is 11.6 Å². The zero-order chi connectivity index (χ0) is 8.36. The van der Waals surface area contributed by atoms with Gasteiger partial charge in [-0.05, 0) is 21.0 Å². The maximum atomic E-state index is 9.36. The van der Waals surface area contributed by atoms with Crippen LogP contribution in [0.25, 0.3) is 0 Å². The van der Waals surface area contributed by atoms with E-state index in [1.165, 1.54) is 11.8 Å². The minimum Gasteiger partial charge on any atom is -0.410 e. The van der Waals surface area contributed by atoms with Crippen molar-refractivity contribution in [2.24, 2.45) is 5.16 Å². The summed E-state index contributed by atoms with van der Waals surface area (Å²) in [6, 6.07) is 0. The van der Waals surface area contributed by atoms with E-state index in [2.05, 4.69) is 5.16 Å². The first-order valence-corrected chi connectivity index (χ1v) is 3.08. The lowest BCUT2D eigenvalue weighted by Gasteiger charge is -2.27. The van der Waals surface area contributed by atoms with Crippen molar-refractivity contribution in [3.63, 3.8) is 0 Å². The SMILES string of the molecule is CN(C)C(C)(O)/C(Cl)=N/O. The maximum Gasteiger partial charge on any atom is 0.191 e. The molecule has 0 rings (SSSR count). The number of oxime groups is 1. The summed E-state index contributed by atoms with van der Waals surface area (Å²) in [5.41, 5.74) is -1.39. The number of halogens is 1. The van der Waals surface area contributed by atoms with E-state index in [1.807, 2.05) is 0 Å². The fourth-order valence-electron chi connectivity index (χ4n) is 0.279. The number of hydrogen-bond donors (Lipinski definition) is 2. The van der Waals surface area contributed by atoms with Gasteiger partial charge in [-0.2, -0.15) is 0 Å². The molecule has 0 aliphatic carbocycles. The summed E-state index contributed by atoms with van der Waals surface area (Å²) in [6.07, 6.45) is 0. The lowest BCUT2D eigenvalue weighted by atomic mass is 10.3. The predicted octanol–water partition coefficient (Wildman–Crippen LogP) is 0.283. The molecule has 10 heavy (non-hydrogen) atoms. The molecule has 1 unspecified atom stereocenters. The number of rotatable bonds is 2. The topological polar surface area (TPSA) is 56.1 Å². The van der Waals surface area contributed by atoms with E-state index in [0.717, 1.165) is 0 Å². The third-order valence-electron chi connectivity index (χ3n) is 1.35. The Balaban J connectivity index is 4.40. The van der Waals surface area contributed by atoms with Crippen molar-refractivity contribution < 1.29 is 10.3 Å². The Morgan fingerprint density at radius 1 is 1.60 bits per heavy atom. The van der Waals surface area contributed by atoms with Crippen molar-refractivity contribution in [1.82, 2.24) is 4.90 Å². The smallest absolute Gasteiger partial charge is 0.191 e. The summed E-state index contributed by atoms with van der Waals surface area (Å²) in [7, 11) is 3.24. The van der Waals surface area contributed by atoms with Gasteiger partial charge in [-0.15, -0.1) is 0 Å². The molecule has 2 N–H and O–H groups in total. The van der Waals surface area contributed by atoms with Gasteiger partial charge in [0.15, 0.2) is 10.9 Å². The van der Waals surface area contributed by atoms with E-state index in [1.54, 1.807) is 14.1 Å². The summed E-state index contributed by atoms with van der Waals surface area (Å²) >= 11 is 5.36. The Hall–Kier alpha value is -0.320. The van der Waals surface area contributed by atoms with Gasteiger partial charge in [-0.3, -0.25) is 4.90 Å². The molecule has 1 atom stereocenters. The summed E-state index contributed by atoms with van der Waals surface area (Å²) in [4.78, 5) is 1.43. The van der Waals surface area contributed by atoms with Crippen molar-refractivity contribution in [3.05, 3.63) is 0 Å². The minimum atomic E-state index is -1.39. The average Bonchev–Trinajstić information content (AvgIpc) is 1.86. The molecule has 0 amide bonds. The van der Waals surface area contributed by atoms with Gasteiger partial charge in [0.1, 0.15) is 0 Å². The predicted molar refractivity (Wildman–Crippen MR) is 39.4 cm³/mol. The first kappa shape index (κ1) is 9.68. The van der Waals surface area contributed by atoms with Crippen LogP contribution in [-0.4, -0.2) is 40.2 Å². The highest BCUT2D eigenvalue weighted by molar-refractivity contribution is 6.67. The Kier molecular flexibility index (Phi) is 3.08. The summed E-state index contributed by atoms with van der Waals surface area (Å²) in [5.74, 6) is 0. The molecule has 4 nitrogen and oxygen atoms in total. The Morgan fingerprint density at radius 2 is 2.00 bits per heavy atom. The molecule has 5 heteroatoms. The monoisotopic (exact) mass is 166 g/mol. The van der Waals surface area contributed by atoms with Gasteiger partial charge in [0.2, 0.25) is 0 Å². The third kappa shape index (κ3) is 1.83. The third-order valence-corrected chi connectivity index (χ3v) is 1.78. The molecule has 0 aromatic carbocycles. The van der Waals surface area contributed by atoms with Crippen LogP contribution < -0.4 is 0 Å². The molecule has 0 saturated heterocycles. The molecule has 0 aromatic heterocycles. The molecule has 60 valence electrons. The van der Waals surface area contributed by atoms with Crippen LogP contribution in [0.4, 0.5) is 0 Å². The van der Waals surface area contributed by atoms with Crippen LogP contribution in [0.2, 0.25) is 0 Å². The van der Waals surface area contributed by atoms with E-state index in [0.29, 0.717) is 0 Å². The highest BCUT2D eigenvalue weighted by Gasteiger charge is 2.29. The lowest BCUT2D eigenvalue weighted by molar-refractivity contribution is -0.000835. The van der Waals surface area contributed by atoms with Crippen LogP contribution in [0.15, 0.2) is 5.16 Å². The number of aliphatic hydroxyl groups is 1. The number of nitrogens with zero attached hydrogens (tertiary/aromatic N) is 2. The van der Waals surface area contributed by atoms with Crippen molar-refractivity contribution in [2.75, 3.05) is 14.1 Å². The number of hydrogen-bond acceptors (Lipinski definition) is 4. The highest BCUT2D eigenvalue weighted by atomic mass is 35.5. The van der Waals surface area contributed by atoms with Crippen molar-refractivity contribution >= 4 is 16.8 Å². The Bertz CT molecular complexity index is 145. The van der Waals surface area contributed by atoms with Gasteiger partial charge >= 0.3 is 0 Å². The molecule has 0 fully saturated rings. The van der Waals surface area contributed by atoms with Gasteiger partial charge in [0.25, 0.3) is 0 Å². The van der Waals surface area contributed by atoms with E-state index in [9.17, 15) is 5.11 Å². The van der Waals surface area contributed by atoms with Crippen molar-refractivity contribution in [1.29, 1.82) is 0 Å². The summed E-state index contributed by atoms with van der Waals surface area (Å²) in [6.45, 7) is 1.43. The molecular formula is C5H11ClN2O2. The molecule has 0 aromatic rings. The first-order valence-electron chi connectivity index (χ1n) is 2.70. The Morgan fingerprint density at radius 3 is 2.10 bits per heavy atom. The minimum absolute atomic E-state index is 0.252. The van der Waals surface area contributed by atoms with Crippen LogP contribution in [0.1, 0.15) is 6.92 Å². The Labute approximate surface area is 64.7 Å². The van der Waals surface area contributed by atoms with Crippen molar-refractivity contribution in [2.45, 2.75) is 12.6 Å². The second-order valence-electron chi connectivity index (χ2n) is 2.31. The van der Waals surface area contributed by atoms with E-state index < -0.39 is 5.72 Å². The van der Waals surface area contributed by atoms with Gasteiger partial charge in [0, 0.05) is 0 Å². The van der Waals surface area contributed by atoms with Gasteiger partial charge in [0.05, 0.1) is 0 Å². The zero-order valence-corrected chi connectivity index (χ0v) is 6.92. The molecule has 0 aliphatic rings. The van der Waals surface area contributed by atoms with E-state index >= 15 is 0 Å². The fourth-order valence-corrected chi connectivity index (χ4v) is 0.448. The highest BCUT2D eigenvalue weighted by Crippen LogP contribution is 2.11. The molecule has 0 aliphatic heterocycles. The van der Waals surface area contributed by atoms with Crippen LogP contribution in [0.5, 0.6) is 0 Å². The molecule has 0 bridgehead atoms. The maximum absolute atomic E-state index is 9.36. The molecule has 0 saturated carbocycles. The van der Waals surface area contributed by atoms with Crippen LogP contribution in [-0.2, 0) is 0 Å². The summed E-state index contributed by atoms with van der Waals surface area (Å²) in [5, 5.41) is 20.0. The van der Waals surface area contributed by atoms with Crippen LogP contribution in [0.3, 0.4) is 0 Å². The molecule has 0 heterocycles. The van der Waals surface area contributed by atoms with Gasteiger partial charge < -0.3 is 10.3 Å². The van der Waals surface area contributed by atoms with E-state index in [-0.39, 0.29) is 5.17 Å². The van der Waals surface area contributed by atoms with Gasteiger partial charge in [-0.25, -0.2) is 0 Å². The largest absolute Gasteiger partial charge is 0.410 e. The van der Waals surface area contributed by atoms with E-state index in [4.69, 9.17) is 16.8 Å². The normalized spacial score (nSPS) is 19.2. The molecule has 0 spiro atoms. The fraction of sp³-hybridized carbons (Fsp3) is 0.800. The zero-order valence-electron chi connectivity index (χ0n) is 6.17. The summed E-state index contributed by atoms with van der Waals surface area (Å²) < 4.78 is 0. The van der Waals surface area contributed by atoms with Crippen molar-refractivity contribution in [3.8, 4) is 0 Å². The second-order valence-corrected chi connectivity index (χ2v) is 2.66. The standard InChI is InChI=1S/C5H11ClN2O2/c1-5(9,8(2)3)4(6)7-10/h9-10H,1-3H3/b7-4-. The van der Waals surface area contributed by atoms with Crippen LogP contribution in [0, 0.1) is 0 Å². The van der Waals surface area contributed by atoms with Gasteiger partial charge in [-0.1, -0.05) is 16.8 Å². The first-order chi connectivity index (χ1) is 4.42. The average molecular weight is 167 g/mol. The second kappa shape index (κ2) is 3.18. The molecule has 0 radical (unpaired) electrons. The molecular weight excluding hydrogens is 156 g/mol. The lowest BCUT2D eigenvalue weighted by Crippen LogP contribution is -2.46.